The lowest BCUT2D eigenvalue weighted by Gasteiger charge is -2.44. The van der Waals surface area contributed by atoms with Crippen LogP contribution in [0, 0.1) is 11.8 Å². The fourth-order valence-electron chi connectivity index (χ4n) is 5.88. The molecule has 1 heterocycles. The van der Waals surface area contributed by atoms with Gasteiger partial charge < -0.3 is 14.3 Å². The molecule has 0 radical (unpaired) electrons. The van der Waals surface area contributed by atoms with Gasteiger partial charge >= 0.3 is 0 Å². The van der Waals surface area contributed by atoms with Gasteiger partial charge in [0.15, 0.2) is 8.32 Å². The van der Waals surface area contributed by atoms with Gasteiger partial charge in [-0.25, -0.2) is 0 Å². The van der Waals surface area contributed by atoms with Crippen molar-refractivity contribution < 1.29 is 9.22 Å². The molecule has 1 amide bonds. The van der Waals surface area contributed by atoms with Gasteiger partial charge in [-0.2, -0.15) is 0 Å². The van der Waals surface area contributed by atoms with Crippen LogP contribution in [0.4, 0.5) is 0 Å². The van der Waals surface area contributed by atoms with Gasteiger partial charge in [0, 0.05) is 23.6 Å². The molecule has 0 aliphatic heterocycles. The van der Waals surface area contributed by atoms with Crippen molar-refractivity contribution in [2.24, 2.45) is 0 Å². The summed E-state index contributed by atoms with van der Waals surface area (Å²) in [5.74, 6) is 5.49. The molecular weight excluding hydrogens is 460 g/mol. The van der Waals surface area contributed by atoms with Crippen molar-refractivity contribution in [3.63, 3.8) is 0 Å². The molecule has 0 saturated heterocycles. The largest absolute Gasteiger partial charge is 0.414 e. The van der Waals surface area contributed by atoms with Gasteiger partial charge in [0.2, 0.25) is 0 Å². The van der Waals surface area contributed by atoms with E-state index in [0.29, 0.717) is 36.2 Å². The number of aromatic amines is 1. The summed E-state index contributed by atoms with van der Waals surface area (Å²) in [5, 5.41) is 1.19. The number of amides is 1. The zero-order valence-corrected chi connectivity index (χ0v) is 24.0. The number of rotatable bonds is 11. The second kappa shape index (κ2) is 12.4. The molecule has 1 N–H and O–H groups in total. The summed E-state index contributed by atoms with van der Waals surface area (Å²) in [6, 6.07) is 18.4. The highest BCUT2D eigenvalue weighted by atomic mass is 28.4. The number of nitrogens with zero attached hydrogens (tertiary/aromatic N) is 1. The maximum atomic E-state index is 13.4. The first-order valence-corrected chi connectivity index (χ1v) is 15.3. The lowest BCUT2D eigenvalue weighted by molar-refractivity contribution is -0.128. The molecule has 3 rings (SSSR count). The van der Waals surface area contributed by atoms with Crippen LogP contribution in [0.2, 0.25) is 16.6 Å². The Morgan fingerprint density at radius 1 is 0.944 bits per heavy atom. The number of fused-ring (bicyclic) bond motifs is 1. The van der Waals surface area contributed by atoms with E-state index in [1.807, 2.05) is 29.2 Å². The van der Waals surface area contributed by atoms with E-state index >= 15 is 0 Å². The van der Waals surface area contributed by atoms with E-state index in [-0.39, 0.29) is 11.9 Å². The fourth-order valence-corrected chi connectivity index (χ4v) is 11.4. The second-order valence-corrected chi connectivity index (χ2v) is 16.1. The number of carbonyl (C=O) groups is 1. The van der Waals surface area contributed by atoms with E-state index in [4.69, 9.17) is 4.43 Å². The summed E-state index contributed by atoms with van der Waals surface area (Å²) < 4.78 is 7.07. The molecule has 0 fully saturated rings. The van der Waals surface area contributed by atoms with Gasteiger partial charge in [-0.15, -0.1) is 0 Å². The number of carbonyl (C=O) groups excluding carboxylic acids is 1. The van der Waals surface area contributed by atoms with Gasteiger partial charge in [-0.3, -0.25) is 4.79 Å². The summed E-state index contributed by atoms with van der Waals surface area (Å²) >= 11 is 0. The fraction of sp³-hybridized carbons (Fsp3) is 0.452. The molecular formula is C31H42N2O2Si. The van der Waals surface area contributed by atoms with Crippen molar-refractivity contribution in [1.82, 2.24) is 9.88 Å². The van der Waals surface area contributed by atoms with E-state index in [1.54, 1.807) is 6.92 Å². The highest BCUT2D eigenvalue weighted by Crippen LogP contribution is 2.42. The van der Waals surface area contributed by atoms with Crippen LogP contribution in [0.25, 0.3) is 10.9 Å². The Labute approximate surface area is 218 Å². The molecule has 4 nitrogen and oxygen atoms in total. The van der Waals surface area contributed by atoms with E-state index in [2.05, 4.69) is 94.9 Å². The van der Waals surface area contributed by atoms with Crippen LogP contribution in [0.15, 0.2) is 60.8 Å². The third-order valence-corrected chi connectivity index (χ3v) is 13.6. The monoisotopic (exact) mass is 502 g/mol. The molecule has 0 aliphatic carbocycles. The third-order valence-electron chi connectivity index (χ3n) is 7.49. The molecule has 192 valence electrons. The topological polar surface area (TPSA) is 45.3 Å². The molecule has 36 heavy (non-hydrogen) atoms. The van der Waals surface area contributed by atoms with Gasteiger partial charge in [0.1, 0.15) is 0 Å². The van der Waals surface area contributed by atoms with Crippen LogP contribution in [-0.2, 0) is 22.2 Å². The van der Waals surface area contributed by atoms with E-state index in [0.717, 1.165) is 11.1 Å². The van der Waals surface area contributed by atoms with Crippen molar-refractivity contribution in [2.75, 3.05) is 6.61 Å². The van der Waals surface area contributed by atoms with Crippen LogP contribution >= 0.6 is 0 Å². The van der Waals surface area contributed by atoms with Gasteiger partial charge in [-0.1, -0.05) is 96.0 Å². The zero-order valence-electron chi connectivity index (χ0n) is 23.0. The maximum Gasteiger partial charge on any atom is 0.299 e. The minimum absolute atomic E-state index is 0.138. The lowest BCUT2D eigenvalue weighted by Crippen LogP contribution is -2.52. The first kappa shape index (κ1) is 27.8. The predicted octanol–water partition coefficient (Wildman–Crippen LogP) is 7.32. The average molecular weight is 503 g/mol. The average Bonchev–Trinajstić information content (AvgIpc) is 3.25. The van der Waals surface area contributed by atoms with Crippen LogP contribution in [-0.4, -0.2) is 36.8 Å². The number of para-hydroxylation sites is 1. The number of hydrogen-bond acceptors (Lipinski definition) is 2. The number of hydrogen-bond donors (Lipinski definition) is 1. The van der Waals surface area contributed by atoms with Crippen molar-refractivity contribution in [1.29, 1.82) is 0 Å². The van der Waals surface area contributed by atoms with Crippen molar-refractivity contribution in [3.8, 4) is 11.8 Å². The van der Waals surface area contributed by atoms with E-state index in [9.17, 15) is 4.79 Å². The molecule has 5 heteroatoms. The Morgan fingerprint density at radius 3 is 2.17 bits per heavy atom. The SMILES string of the molecule is CC#CC(=O)N(Cc1ccccc1)[C@H](CO[Si](C(C)C)(C(C)C)C(C)C)Cc1c[nH]c2ccccc12. The zero-order chi connectivity index (χ0) is 26.3. The molecule has 0 aliphatic rings. The molecule has 0 unspecified atom stereocenters. The Morgan fingerprint density at radius 2 is 1.56 bits per heavy atom. The van der Waals surface area contributed by atoms with Crippen molar-refractivity contribution in [3.05, 3.63) is 71.9 Å². The first-order valence-electron chi connectivity index (χ1n) is 13.2. The highest BCUT2D eigenvalue weighted by Gasteiger charge is 2.45. The molecule has 3 aromatic rings. The third kappa shape index (κ3) is 6.11. The van der Waals surface area contributed by atoms with E-state index in [1.165, 1.54) is 10.9 Å². The predicted molar refractivity (Wildman–Crippen MR) is 153 cm³/mol. The van der Waals surface area contributed by atoms with Gasteiger partial charge in [0.25, 0.3) is 5.91 Å². The smallest absolute Gasteiger partial charge is 0.299 e. The number of H-pyrrole nitrogens is 1. The number of benzene rings is 2. The van der Waals surface area contributed by atoms with Crippen molar-refractivity contribution >= 4 is 25.1 Å². The minimum atomic E-state index is -2.12. The second-order valence-electron chi connectivity index (χ2n) is 10.6. The molecule has 1 atom stereocenters. The number of nitrogens with one attached hydrogen (secondary N) is 1. The summed E-state index contributed by atoms with van der Waals surface area (Å²) in [5.41, 5.74) is 4.81. The summed E-state index contributed by atoms with van der Waals surface area (Å²) in [4.78, 5) is 18.7. The van der Waals surface area contributed by atoms with E-state index < -0.39 is 8.32 Å². The summed E-state index contributed by atoms with van der Waals surface area (Å²) in [6.07, 6.45) is 2.78. The molecule has 0 saturated carbocycles. The molecule has 1 aromatic heterocycles. The van der Waals surface area contributed by atoms with Gasteiger partial charge in [-0.05, 0) is 53.1 Å². The normalized spacial score (nSPS) is 12.7. The van der Waals surface area contributed by atoms with Crippen molar-refractivity contribution in [2.45, 2.75) is 84.1 Å². The molecule has 0 spiro atoms. The number of aromatic nitrogens is 1. The maximum absolute atomic E-state index is 13.4. The Hall–Kier alpha value is -2.81. The quantitative estimate of drug-likeness (QED) is 0.220. The lowest BCUT2D eigenvalue weighted by atomic mass is 10.0. The van der Waals surface area contributed by atoms with Gasteiger partial charge in [0.05, 0.1) is 12.6 Å². The Bertz CT molecular complexity index is 1170. The molecule has 2 aromatic carbocycles. The standard InChI is InChI=1S/C31H42N2O2Si/c1-8-14-31(34)33(21-26-15-10-9-11-16-26)28(19-27-20-32-30-18-13-12-17-29(27)30)22-35-36(23(2)3,24(4)5)25(6)7/h9-13,15-18,20,23-25,28,32H,19,21-22H2,1-7H3/t28-/m0/s1. The van der Waals surface area contributed by atoms with Crippen LogP contribution in [0.1, 0.15) is 59.6 Å². The van der Waals surface area contributed by atoms with Crippen LogP contribution < -0.4 is 0 Å². The Balaban J connectivity index is 2.03. The van der Waals surface area contributed by atoms with Crippen LogP contribution in [0.3, 0.4) is 0 Å². The molecule has 0 bridgehead atoms. The minimum Gasteiger partial charge on any atom is -0.414 e. The summed E-state index contributed by atoms with van der Waals surface area (Å²) in [7, 11) is -2.12. The Kier molecular flexibility index (Phi) is 9.59. The first-order chi connectivity index (χ1) is 17.2. The highest BCUT2D eigenvalue weighted by molar-refractivity contribution is 6.77. The van der Waals surface area contributed by atoms with Crippen LogP contribution in [0.5, 0.6) is 0 Å². The summed E-state index contributed by atoms with van der Waals surface area (Å²) in [6.45, 7) is 16.5.